The highest BCUT2D eigenvalue weighted by Crippen LogP contribution is 2.18. The molecule has 1 aliphatic rings. The van der Waals surface area contributed by atoms with Gasteiger partial charge in [-0.3, -0.25) is 9.69 Å². The zero-order chi connectivity index (χ0) is 17.8. The van der Waals surface area contributed by atoms with Crippen LogP contribution in [0.5, 0.6) is 0 Å². The summed E-state index contributed by atoms with van der Waals surface area (Å²) in [7, 11) is 3.52. The van der Waals surface area contributed by atoms with Crippen LogP contribution in [-0.2, 0) is 4.79 Å². The van der Waals surface area contributed by atoms with Crippen molar-refractivity contribution in [3.63, 3.8) is 0 Å². The van der Waals surface area contributed by atoms with Gasteiger partial charge < -0.3 is 15.5 Å². The number of piperidine rings is 1. The van der Waals surface area contributed by atoms with Gasteiger partial charge in [-0.05, 0) is 32.2 Å². The molecule has 0 aromatic rings. The molecule has 1 saturated heterocycles. The molecule has 6 nitrogen and oxygen atoms in total. The average Bonchev–Trinajstić information content (AvgIpc) is 2.59. The molecule has 1 fully saturated rings. The summed E-state index contributed by atoms with van der Waals surface area (Å²) in [6, 6.07) is 0.726. The van der Waals surface area contributed by atoms with E-state index in [1.165, 1.54) is 32.2 Å². The molecule has 0 aromatic carbocycles. The predicted octanol–water partition coefficient (Wildman–Crippen LogP) is 2.29. The number of hydrogen-bond donors (Lipinski definition) is 2. The molecule has 1 heterocycles. The molecule has 1 aliphatic heterocycles. The van der Waals surface area contributed by atoms with Gasteiger partial charge in [-0.15, -0.1) is 24.0 Å². The molecule has 0 saturated carbocycles. The first-order valence-electron chi connectivity index (χ1n) is 9.54. The zero-order valence-corrected chi connectivity index (χ0v) is 18.8. The van der Waals surface area contributed by atoms with Gasteiger partial charge in [0.05, 0.1) is 0 Å². The molecular formula is C18H38IN5O. The van der Waals surface area contributed by atoms with Crippen molar-refractivity contribution in [1.29, 1.82) is 0 Å². The van der Waals surface area contributed by atoms with Crippen LogP contribution in [0.2, 0.25) is 0 Å². The van der Waals surface area contributed by atoms with Crippen LogP contribution >= 0.6 is 24.0 Å². The van der Waals surface area contributed by atoms with Crippen molar-refractivity contribution in [3.8, 4) is 0 Å². The highest BCUT2D eigenvalue weighted by molar-refractivity contribution is 14.0. The largest absolute Gasteiger partial charge is 0.356 e. The van der Waals surface area contributed by atoms with E-state index in [0.29, 0.717) is 0 Å². The van der Waals surface area contributed by atoms with Crippen molar-refractivity contribution in [2.24, 2.45) is 4.99 Å². The minimum atomic E-state index is 0. The van der Waals surface area contributed by atoms with Gasteiger partial charge in [0, 0.05) is 39.8 Å². The fourth-order valence-electron chi connectivity index (χ4n) is 2.98. The number of guanidine groups is 1. The molecule has 25 heavy (non-hydrogen) atoms. The first-order chi connectivity index (χ1) is 11.6. The number of nitrogens with one attached hydrogen (secondary N) is 2. The molecule has 0 bridgehead atoms. The summed E-state index contributed by atoms with van der Waals surface area (Å²) in [6.07, 6.45) is 7.47. The van der Waals surface area contributed by atoms with E-state index in [1.807, 2.05) is 0 Å². The lowest BCUT2D eigenvalue weighted by atomic mass is 10.0. The van der Waals surface area contributed by atoms with Crippen LogP contribution in [0, 0.1) is 0 Å². The summed E-state index contributed by atoms with van der Waals surface area (Å²) in [5, 5.41) is 6.72. The number of likely N-dealkylation sites (N-methyl/N-ethyl adjacent to an activating group) is 1. The van der Waals surface area contributed by atoms with E-state index in [9.17, 15) is 4.79 Å². The van der Waals surface area contributed by atoms with E-state index >= 15 is 0 Å². The number of hydrogen-bond acceptors (Lipinski definition) is 3. The van der Waals surface area contributed by atoms with Crippen molar-refractivity contribution >= 4 is 35.8 Å². The van der Waals surface area contributed by atoms with Gasteiger partial charge in [-0.2, -0.15) is 0 Å². The van der Waals surface area contributed by atoms with E-state index in [2.05, 4.69) is 34.4 Å². The Morgan fingerprint density at radius 3 is 2.56 bits per heavy atom. The number of halogens is 1. The van der Waals surface area contributed by atoms with Gasteiger partial charge >= 0.3 is 0 Å². The van der Waals surface area contributed by atoms with Crippen LogP contribution in [0.15, 0.2) is 4.99 Å². The van der Waals surface area contributed by atoms with Gasteiger partial charge in [0.1, 0.15) is 6.54 Å². The van der Waals surface area contributed by atoms with Crippen LogP contribution in [0.25, 0.3) is 0 Å². The Morgan fingerprint density at radius 2 is 1.92 bits per heavy atom. The molecule has 7 heteroatoms. The Kier molecular flexibility index (Phi) is 14.3. The summed E-state index contributed by atoms with van der Waals surface area (Å²) < 4.78 is 0. The quantitative estimate of drug-likeness (QED) is 0.237. The van der Waals surface area contributed by atoms with Crippen LogP contribution in [0.1, 0.15) is 52.4 Å². The van der Waals surface area contributed by atoms with Crippen molar-refractivity contribution in [2.45, 2.75) is 58.4 Å². The third kappa shape index (κ3) is 10.2. The summed E-state index contributed by atoms with van der Waals surface area (Å²) in [4.78, 5) is 20.3. The Hall–Kier alpha value is -0.570. The minimum Gasteiger partial charge on any atom is -0.356 e. The van der Waals surface area contributed by atoms with Crippen molar-refractivity contribution < 1.29 is 4.79 Å². The normalized spacial score (nSPS) is 18.4. The molecule has 0 radical (unpaired) electrons. The number of unbranched alkanes of at least 4 members (excludes halogenated alkanes) is 1. The monoisotopic (exact) mass is 467 g/mol. The summed E-state index contributed by atoms with van der Waals surface area (Å²) in [5.74, 6) is 0.775. The van der Waals surface area contributed by atoms with Gasteiger partial charge in [0.15, 0.2) is 5.96 Å². The van der Waals surface area contributed by atoms with Crippen LogP contribution in [-0.4, -0.2) is 74.5 Å². The van der Waals surface area contributed by atoms with E-state index in [4.69, 9.17) is 0 Å². The standard InChI is InChI=1S/C18H37N5O.HI/c1-5-7-11-19-18(21-15-17(24)22(3)4)20-12-14-23-13-9-8-10-16(23)6-2;/h16H,5-15H2,1-4H3,(H2,19,20,21);1H. The van der Waals surface area contributed by atoms with Gasteiger partial charge in [0.25, 0.3) is 0 Å². The molecule has 2 N–H and O–H groups in total. The lowest BCUT2D eigenvalue weighted by molar-refractivity contribution is -0.127. The van der Waals surface area contributed by atoms with E-state index in [0.717, 1.165) is 44.5 Å². The van der Waals surface area contributed by atoms with Crippen LogP contribution in [0.3, 0.4) is 0 Å². The lowest BCUT2D eigenvalue weighted by Crippen LogP contribution is -2.46. The summed E-state index contributed by atoms with van der Waals surface area (Å²) >= 11 is 0. The summed E-state index contributed by atoms with van der Waals surface area (Å²) in [5.41, 5.74) is 0. The maximum absolute atomic E-state index is 11.7. The topological polar surface area (TPSA) is 60.0 Å². The lowest BCUT2D eigenvalue weighted by Gasteiger charge is -2.35. The predicted molar refractivity (Wildman–Crippen MR) is 117 cm³/mol. The highest BCUT2D eigenvalue weighted by Gasteiger charge is 2.19. The second kappa shape index (κ2) is 14.6. The second-order valence-corrected chi connectivity index (χ2v) is 6.75. The minimum absolute atomic E-state index is 0. The molecule has 1 rings (SSSR count). The maximum atomic E-state index is 11.7. The number of likely N-dealkylation sites (tertiary alicyclic amines) is 1. The van der Waals surface area contributed by atoms with Crippen molar-refractivity contribution in [3.05, 3.63) is 0 Å². The molecular weight excluding hydrogens is 429 g/mol. The molecule has 1 atom stereocenters. The Bertz CT molecular complexity index is 390. The highest BCUT2D eigenvalue weighted by atomic mass is 127. The fourth-order valence-corrected chi connectivity index (χ4v) is 2.98. The number of amides is 1. The molecule has 0 aliphatic carbocycles. The molecule has 148 valence electrons. The number of nitrogens with zero attached hydrogens (tertiary/aromatic N) is 3. The van der Waals surface area contributed by atoms with Crippen molar-refractivity contribution in [2.75, 3.05) is 46.8 Å². The number of aliphatic imine (C=N–C) groups is 1. The first kappa shape index (κ1) is 24.4. The molecule has 0 aromatic heterocycles. The van der Waals surface area contributed by atoms with Crippen LogP contribution < -0.4 is 10.6 Å². The van der Waals surface area contributed by atoms with Crippen LogP contribution in [0.4, 0.5) is 0 Å². The Balaban J connectivity index is 0.00000576. The molecule has 0 spiro atoms. The number of carbonyl (C=O) groups excluding carboxylic acids is 1. The van der Waals surface area contributed by atoms with Gasteiger partial charge in [-0.25, -0.2) is 4.99 Å². The average molecular weight is 467 g/mol. The van der Waals surface area contributed by atoms with Gasteiger partial charge in [0.2, 0.25) is 5.91 Å². The third-order valence-electron chi connectivity index (χ3n) is 4.61. The molecule has 1 amide bonds. The van der Waals surface area contributed by atoms with Crippen molar-refractivity contribution in [1.82, 2.24) is 20.4 Å². The zero-order valence-electron chi connectivity index (χ0n) is 16.5. The number of carbonyl (C=O) groups is 1. The second-order valence-electron chi connectivity index (χ2n) is 6.75. The Labute approximate surface area is 171 Å². The smallest absolute Gasteiger partial charge is 0.243 e. The third-order valence-corrected chi connectivity index (χ3v) is 4.61. The number of rotatable bonds is 9. The maximum Gasteiger partial charge on any atom is 0.243 e. The fraction of sp³-hybridized carbons (Fsp3) is 0.889. The van der Waals surface area contributed by atoms with E-state index < -0.39 is 0 Å². The summed E-state index contributed by atoms with van der Waals surface area (Å²) in [6.45, 7) is 8.63. The Morgan fingerprint density at radius 1 is 1.20 bits per heavy atom. The van der Waals surface area contributed by atoms with Gasteiger partial charge in [-0.1, -0.05) is 26.7 Å². The first-order valence-corrected chi connectivity index (χ1v) is 9.54. The SMILES string of the molecule is CCCCNC(=NCC(=O)N(C)C)NCCN1CCCCC1CC.I. The van der Waals surface area contributed by atoms with E-state index in [1.54, 1.807) is 19.0 Å². The van der Waals surface area contributed by atoms with E-state index in [-0.39, 0.29) is 36.4 Å². The molecule has 1 unspecified atom stereocenters.